The highest BCUT2D eigenvalue weighted by atomic mass is 16.2. The summed E-state index contributed by atoms with van der Waals surface area (Å²) in [5, 5.41) is 1.03. The first-order valence-electron chi connectivity index (χ1n) is 8.23. The van der Waals surface area contributed by atoms with Crippen molar-refractivity contribution in [1.29, 1.82) is 0 Å². The van der Waals surface area contributed by atoms with Crippen LogP contribution in [0.25, 0.3) is 22.4 Å². The second kappa shape index (κ2) is 6.08. The number of aromatic nitrogens is 3. The van der Waals surface area contributed by atoms with Crippen LogP contribution in [0.5, 0.6) is 0 Å². The van der Waals surface area contributed by atoms with Gasteiger partial charge in [-0.05, 0) is 30.3 Å². The van der Waals surface area contributed by atoms with Crippen LogP contribution in [0, 0.1) is 0 Å². The van der Waals surface area contributed by atoms with Crippen molar-refractivity contribution in [3.8, 4) is 11.4 Å². The zero-order valence-corrected chi connectivity index (χ0v) is 14.0. The highest BCUT2D eigenvalue weighted by Gasteiger charge is 2.25. The van der Waals surface area contributed by atoms with E-state index in [4.69, 9.17) is 0 Å². The van der Waals surface area contributed by atoms with Crippen LogP contribution in [-0.4, -0.2) is 62.8 Å². The molecule has 0 atom stereocenters. The molecule has 3 aromatic rings. The lowest BCUT2D eigenvalue weighted by Crippen LogP contribution is -2.51. The summed E-state index contributed by atoms with van der Waals surface area (Å²) in [6.45, 7) is 1.52. The number of hydrogen-bond donors (Lipinski definition) is 1. The van der Waals surface area contributed by atoms with Gasteiger partial charge in [0.05, 0.1) is 17.9 Å². The SMILES string of the molecule is CN1CCN(C(=O)Cn2cccc2-c2cc3cccnc3[nH]2)CC1=O. The minimum Gasteiger partial charge on any atom is -0.342 e. The van der Waals surface area contributed by atoms with E-state index in [1.54, 1.807) is 23.0 Å². The van der Waals surface area contributed by atoms with Gasteiger partial charge >= 0.3 is 0 Å². The lowest BCUT2D eigenvalue weighted by molar-refractivity contribution is -0.144. The van der Waals surface area contributed by atoms with E-state index in [-0.39, 0.29) is 24.9 Å². The quantitative estimate of drug-likeness (QED) is 0.783. The molecule has 1 saturated heterocycles. The third kappa shape index (κ3) is 2.88. The lowest BCUT2D eigenvalue weighted by Gasteiger charge is -2.32. The van der Waals surface area contributed by atoms with Crippen molar-refractivity contribution >= 4 is 22.8 Å². The van der Waals surface area contributed by atoms with Crippen molar-refractivity contribution in [2.75, 3.05) is 26.7 Å². The van der Waals surface area contributed by atoms with Crippen LogP contribution in [0.2, 0.25) is 0 Å². The summed E-state index contributed by atoms with van der Waals surface area (Å²) in [5.41, 5.74) is 2.66. The Labute approximate surface area is 144 Å². The molecule has 7 nitrogen and oxygen atoms in total. The number of rotatable bonds is 3. The molecular formula is C18H19N5O2. The average Bonchev–Trinajstić information content (AvgIpc) is 3.23. The summed E-state index contributed by atoms with van der Waals surface area (Å²) < 4.78 is 1.90. The largest absolute Gasteiger partial charge is 0.342 e. The van der Waals surface area contributed by atoms with Crippen LogP contribution in [-0.2, 0) is 16.1 Å². The van der Waals surface area contributed by atoms with Crippen molar-refractivity contribution in [2.45, 2.75) is 6.54 Å². The number of likely N-dealkylation sites (N-methyl/N-ethyl adjacent to an activating group) is 1. The first-order valence-corrected chi connectivity index (χ1v) is 8.23. The van der Waals surface area contributed by atoms with E-state index in [0.717, 1.165) is 22.4 Å². The van der Waals surface area contributed by atoms with Crippen LogP contribution in [0.15, 0.2) is 42.7 Å². The Balaban J connectivity index is 1.55. The maximum absolute atomic E-state index is 12.6. The molecular weight excluding hydrogens is 318 g/mol. The molecule has 0 aliphatic carbocycles. The number of fused-ring (bicyclic) bond motifs is 1. The zero-order chi connectivity index (χ0) is 17.4. The van der Waals surface area contributed by atoms with Gasteiger partial charge in [0.1, 0.15) is 12.2 Å². The zero-order valence-electron chi connectivity index (χ0n) is 14.0. The van der Waals surface area contributed by atoms with Gasteiger partial charge in [-0.2, -0.15) is 0 Å². The average molecular weight is 337 g/mol. The molecule has 4 rings (SSSR count). The second-order valence-corrected chi connectivity index (χ2v) is 6.28. The summed E-state index contributed by atoms with van der Waals surface area (Å²) in [6.07, 6.45) is 3.62. The van der Waals surface area contributed by atoms with Gasteiger partial charge in [0.15, 0.2) is 0 Å². The number of piperazine rings is 1. The predicted molar refractivity (Wildman–Crippen MR) is 93.7 cm³/mol. The Morgan fingerprint density at radius 1 is 1.28 bits per heavy atom. The van der Waals surface area contributed by atoms with Gasteiger partial charge in [-0.3, -0.25) is 9.59 Å². The third-order valence-electron chi connectivity index (χ3n) is 4.61. The Hall–Kier alpha value is -3.09. The molecule has 0 radical (unpaired) electrons. The number of carbonyl (C=O) groups is 2. The van der Waals surface area contributed by atoms with Crippen LogP contribution in [0.1, 0.15) is 0 Å². The van der Waals surface area contributed by atoms with E-state index in [9.17, 15) is 9.59 Å². The Morgan fingerprint density at radius 2 is 2.16 bits per heavy atom. The van der Waals surface area contributed by atoms with Crippen molar-refractivity contribution in [3.05, 3.63) is 42.7 Å². The van der Waals surface area contributed by atoms with Crippen molar-refractivity contribution in [3.63, 3.8) is 0 Å². The Bertz CT molecular complexity index is 909. The highest BCUT2D eigenvalue weighted by molar-refractivity contribution is 5.86. The number of nitrogens with zero attached hydrogens (tertiary/aromatic N) is 4. The predicted octanol–water partition coefficient (Wildman–Crippen LogP) is 1.33. The number of amides is 2. The van der Waals surface area contributed by atoms with Gasteiger partial charge in [0.2, 0.25) is 11.8 Å². The monoisotopic (exact) mass is 337 g/mol. The van der Waals surface area contributed by atoms with Gasteiger partial charge < -0.3 is 19.4 Å². The molecule has 2 amide bonds. The van der Waals surface area contributed by atoms with E-state index in [1.807, 2.05) is 41.1 Å². The van der Waals surface area contributed by atoms with Crippen LogP contribution >= 0.6 is 0 Å². The van der Waals surface area contributed by atoms with Gasteiger partial charge in [0.25, 0.3) is 0 Å². The van der Waals surface area contributed by atoms with E-state index >= 15 is 0 Å². The molecule has 0 spiro atoms. The number of carbonyl (C=O) groups excluding carboxylic acids is 2. The number of H-pyrrole nitrogens is 1. The maximum Gasteiger partial charge on any atom is 0.243 e. The lowest BCUT2D eigenvalue weighted by atomic mass is 10.2. The molecule has 1 fully saturated rings. The first-order chi connectivity index (χ1) is 12.1. The second-order valence-electron chi connectivity index (χ2n) is 6.28. The topological polar surface area (TPSA) is 74.2 Å². The molecule has 1 aliphatic heterocycles. The molecule has 0 saturated carbocycles. The molecule has 4 heterocycles. The third-order valence-corrected chi connectivity index (χ3v) is 4.61. The molecule has 7 heteroatoms. The minimum atomic E-state index is -0.0480. The van der Waals surface area contributed by atoms with Crippen molar-refractivity contribution < 1.29 is 9.59 Å². The van der Waals surface area contributed by atoms with Crippen molar-refractivity contribution in [2.24, 2.45) is 0 Å². The summed E-state index contributed by atoms with van der Waals surface area (Å²) in [7, 11) is 1.76. The molecule has 1 N–H and O–H groups in total. The number of hydrogen-bond acceptors (Lipinski definition) is 3. The van der Waals surface area contributed by atoms with Crippen LogP contribution in [0.3, 0.4) is 0 Å². The van der Waals surface area contributed by atoms with E-state index < -0.39 is 0 Å². The normalized spacial score (nSPS) is 15.2. The van der Waals surface area contributed by atoms with E-state index in [0.29, 0.717) is 13.1 Å². The number of nitrogens with one attached hydrogen (secondary N) is 1. The van der Waals surface area contributed by atoms with Gasteiger partial charge in [-0.15, -0.1) is 0 Å². The Kier molecular flexibility index (Phi) is 3.76. The summed E-state index contributed by atoms with van der Waals surface area (Å²) >= 11 is 0. The molecule has 0 bridgehead atoms. The Morgan fingerprint density at radius 3 is 2.96 bits per heavy atom. The molecule has 0 aromatic carbocycles. The standard InChI is InChI=1S/C18H19N5O2/c1-21-8-9-23(11-16(21)24)17(25)12-22-7-3-5-15(22)14-10-13-4-2-6-19-18(13)20-14/h2-7,10H,8-9,11-12H2,1H3,(H,19,20). The maximum atomic E-state index is 12.6. The van der Waals surface area contributed by atoms with Crippen LogP contribution in [0.4, 0.5) is 0 Å². The molecule has 128 valence electrons. The van der Waals surface area contributed by atoms with Gasteiger partial charge in [0, 0.05) is 37.9 Å². The summed E-state index contributed by atoms with van der Waals surface area (Å²) in [6, 6.07) is 9.80. The summed E-state index contributed by atoms with van der Waals surface area (Å²) in [5.74, 6) is -0.0674. The number of aromatic amines is 1. The smallest absolute Gasteiger partial charge is 0.243 e. The number of pyridine rings is 1. The summed E-state index contributed by atoms with van der Waals surface area (Å²) in [4.78, 5) is 35.3. The highest BCUT2D eigenvalue weighted by Crippen LogP contribution is 2.23. The van der Waals surface area contributed by atoms with Gasteiger partial charge in [-0.25, -0.2) is 4.98 Å². The van der Waals surface area contributed by atoms with E-state index in [2.05, 4.69) is 9.97 Å². The molecule has 0 unspecified atom stereocenters. The fourth-order valence-corrected chi connectivity index (χ4v) is 3.11. The fourth-order valence-electron chi connectivity index (χ4n) is 3.11. The van der Waals surface area contributed by atoms with E-state index in [1.165, 1.54) is 0 Å². The minimum absolute atomic E-state index is 0.0194. The molecule has 3 aromatic heterocycles. The van der Waals surface area contributed by atoms with Crippen molar-refractivity contribution in [1.82, 2.24) is 24.3 Å². The molecule has 25 heavy (non-hydrogen) atoms. The fraction of sp³-hybridized carbons (Fsp3) is 0.278. The first kappa shape index (κ1) is 15.4. The van der Waals surface area contributed by atoms with Gasteiger partial charge in [-0.1, -0.05) is 0 Å². The molecule has 1 aliphatic rings. The van der Waals surface area contributed by atoms with Crippen LogP contribution < -0.4 is 0 Å².